The maximum atomic E-state index is 14.1. The zero-order valence-electron chi connectivity index (χ0n) is 16.5. The second-order valence-electron chi connectivity index (χ2n) is 8.02. The van der Waals surface area contributed by atoms with Crippen LogP contribution in [0.2, 0.25) is 0 Å². The monoisotopic (exact) mass is 396 g/mol. The molecule has 2 fully saturated rings. The van der Waals surface area contributed by atoms with Crippen molar-refractivity contribution < 1.29 is 18.5 Å². The van der Waals surface area contributed by atoms with Crippen LogP contribution < -0.4 is 4.57 Å². The predicted molar refractivity (Wildman–Crippen MR) is 103 cm³/mol. The fourth-order valence-electron chi connectivity index (χ4n) is 4.76. The maximum Gasteiger partial charge on any atom is 0.402 e. The summed E-state index contributed by atoms with van der Waals surface area (Å²) in [5.74, 6) is 0.349. The van der Waals surface area contributed by atoms with Crippen molar-refractivity contribution in [3.63, 3.8) is 0 Å². The molecule has 0 spiro atoms. The Hall–Kier alpha value is -3.03. The van der Waals surface area contributed by atoms with E-state index in [1.54, 1.807) is 25.2 Å². The summed E-state index contributed by atoms with van der Waals surface area (Å²) < 4.78 is 18.2. The molecule has 5 rings (SSSR count). The van der Waals surface area contributed by atoms with Gasteiger partial charge in [-0.2, -0.15) is 0 Å². The lowest BCUT2D eigenvalue weighted by molar-refractivity contribution is -0.677. The number of fused-ring (bicyclic) bond motifs is 3. The van der Waals surface area contributed by atoms with E-state index in [4.69, 9.17) is 4.99 Å². The molecule has 7 nitrogen and oxygen atoms in total. The molecule has 3 heterocycles. The number of benzene rings is 1. The zero-order valence-corrected chi connectivity index (χ0v) is 16.5. The maximum absolute atomic E-state index is 14.1. The SMILES string of the molecule is Cc1c[n+]2c(n1C1CCCC1)N=C1C2C(=O)N(Cc2ccccc2F)C(=O)N1C. The number of halogens is 1. The van der Waals surface area contributed by atoms with Gasteiger partial charge in [-0.1, -0.05) is 23.2 Å². The molecule has 3 aliphatic rings. The topological polar surface area (TPSA) is 61.8 Å². The van der Waals surface area contributed by atoms with Crippen molar-refractivity contribution in [3.8, 4) is 0 Å². The second-order valence-corrected chi connectivity index (χ2v) is 8.02. The highest BCUT2D eigenvalue weighted by atomic mass is 19.1. The first kappa shape index (κ1) is 18.0. The number of likely N-dealkylation sites (N-methyl/N-ethyl adjacent to an activating group) is 1. The number of aryl methyl sites for hydroxylation is 1. The van der Waals surface area contributed by atoms with Crippen LogP contribution in [0.1, 0.15) is 49.0 Å². The number of amides is 3. The lowest BCUT2D eigenvalue weighted by Crippen LogP contribution is -2.62. The fourth-order valence-corrected chi connectivity index (χ4v) is 4.76. The van der Waals surface area contributed by atoms with Crippen LogP contribution in [-0.4, -0.2) is 39.2 Å². The van der Waals surface area contributed by atoms with E-state index in [0.717, 1.165) is 29.4 Å². The third-order valence-electron chi connectivity index (χ3n) is 6.23. The number of rotatable bonds is 3. The van der Waals surface area contributed by atoms with Crippen LogP contribution in [0.25, 0.3) is 0 Å². The summed E-state index contributed by atoms with van der Waals surface area (Å²) in [5, 5.41) is 0. The first-order valence-electron chi connectivity index (χ1n) is 10.0. The Bertz CT molecular complexity index is 1050. The average molecular weight is 396 g/mol. The molecule has 29 heavy (non-hydrogen) atoms. The molecule has 3 amide bonds. The van der Waals surface area contributed by atoms with Crippen LogP contribution >= 0.6 is 0 Å². The molecule has 0 bridgehead atoms. The Morgan fingerprint density at radius 2 is 1.93 bits per heavy atom. The van der Waals surface area contributed by atoms with E-state index >= 15 is 0 Å². The average Bonchev–Trinajstić information content (AvgIpc) is 3.40. The Balaban J connectivity index is 1.54. The number of aliphatic imine (C=N–C) groups is 1. The van der Waals surface area contributed by atoms with Crippen LogP contribution in [0.15, 0.2) is 35.5 Å². The summed E-state index contributed by atoms with van der Waals surface area (Å²) in [6.45, 7) is 1.93. The van der Waals surface area contributed by atoms with Crippen molar-refractivity contribution in [2.75, 3.05) is 7.05 Å². The minimum absolute atomic E-state index is 0.101. The standard InChI is InChI=1S/C21H23FN5O2/c1-13-11-25-17-18(23-20(25)27(13)15-8-4-5-9-15)24(2)21(29)26(19(17)28)12-14-7-3-6-10-16(14)22/h3,6-7,10-11,15,17H,4-5,8-9,12H2,1-2H3/q+1. The summed E-state index contributed by atoms with van der Waals surface area (Å²) in [4.78, 5) is 33.4. The molecule has 1 saturated heterocycles. The zero-order chi connectivity index (χ0) is 20.3. The van der Waals surface area contributed by atoms with Gasteiger partial charge < -0.3 is 0 Å². The van der Waals surface area contributed by atoms with E-state index in [0.29, 0.717) is 17.4 Å². The van der Waals surface area contributed by atoms with E-state index in [9.17, 15) is 14.0 Å². The summed E-state index contributed by atoms with van der Waals surface area (Å²) >= 11 is 0. The molecule has 8 heteroatoms. The molecule has 1 unspecified atom stereocenters. The molecule has 0 radical (unpaired) electrons. The van der Waals surface area contributed by atoms with Gasteiger partial charge in [-0.3, -0.25) is 14.6 Å². The van der Waals surface area contributed by atoms with E-state index < -0.39 is 17.9 Å². The summed E-state index contributed by atoms with van der Waals surface area (Å²) in [7, 11) is 1.62. The number of hydrogen-bond donors (Lipinski definition) is 0. The van der Waals surface area contributed by atoms with Gasteiger partial charge >= 0.3 is 12.0 Å². The van der Waals surface area contributed by atoms with Gasteiger partial charge in [0.25, 0.3) is 5.91 Å². The number of imidazole rings is 1. The molecule has 2 aromatic rings. The Morgan fingerprint density at radius 3 is 2.66 bits per heavy atom. The largest absolute Gasteiger partial charge is 0.402 e. The highest BCUT2D eigenvalue weighted by Gasteiger charge is 2.53. The van der Waals surface area contributed by atoms with Crippen molar-refractivity contribution in [2.24, 2.45) is 4.99 Å². The summed E-state index contributed by atoms with van der Waals surface area (Å²) in [6, 6.07) is 5.40. The van der Waals surface area contributed by atoms with Crippen LogP contribution in [0, 0.1) is 12.7 Å². The number of hydrogen-bond acceptors (Lipinski definition) is 3. The first-order valence-corrected chi connectivity index (χ1v) is 10.0. The van der Waals surface area contributed by atoms with Crippen molar-refractivity contribution in [3.05, 3.63) is 47.5 Å². The van der Waals surface area contributed by atoms with Crippen LogP contribution in [-0.2, 0) is 11.3 Å². The number of aromatic nitrogens is 2. The summed E-state index contributed by atoms with van der Waals surface area (Å²) in [5.41, 5.74) is 1.37. The van der Waals surface area contributed by atoms with E-state index in [1.165, 1.54) is 23.8 Å². The number of nitrogens with zero attached hydrogens (tertiary/aromatic N) is 5. The minimum Gasteiger partial charge on any atom is -0.270 e. The lowest BCUT2D eigenvalue weighted by Gasteiger charge is -2.33. The minimum atomic E-state index is -0.694. The molecule has 1 saturated carbocycles. The Morgan fingerprint density at radius 1 is 1.21 bits per heavy atom. The molecule has 0 N–H and O–H groups in total. The van der Waals surface area contributed by atoms with Gasteiger partial charge in [0, 0.05) is 12.6 Å². The van der Waals surface area contributed by atoms with Gasteiger partial charge in [0.2, 0.25) is 11.9 Å². The fraction of sp³-hybridized carbons (Fsp3) is 0.429. The van der Waals surface area contributed by atoms with Crippen molar-refractivity contribution in [2.45, 2.75) is 51.2 Å². The molecule has 1 aromatic heterocycles. The highest BCUT2D eigenvalue weighted by Crippen LogP contribution is 2.37. The molecule has 150 valence electrons. The molecule has 1 atom stereocenters. The van der Waals surface area contributed by atoms with E-state index in [2.05, 4.69) is 4.57 Å². The van der Waals surface area contributed by atoms with Crippen LogP contribution in [0.4, 0.5) is 15.1 Å². The third kappa shape index (κ3) is 2.62. The third-order valence-corrected chi connectivity index (χ3v) is 6.23. The molecular weight excluding hydrogens is 373 g/mol. The number of carbonyl (C=O) groups excluding carboxylic acids is 2. The number of urea groups is 1. The number of amidine groups is 1. The van der Waals surface area contributed by atoms with Gasteiger partial charge in [0.15, 0.2) is 0 Å². The van der Waals surface area contributed by atoms with Gasteiger partial charge in [-0.15, -0.1) is 0 Å². The molecule has 1 aromatic carbocycles. The smallest absolute Gasteiger partial charge is 0.270 e. The Kier molecular flexibility index (Phi) is 4.04. The van der Waals surface area contributed by atoms with Gasteiger partial charge in [-0.25, -0.2) is 18.3 Å². The van der Waals surface area contributed by atoms with E-state index in [-0.39, 0.29) is 12.5 Å². The lowest BCUT2D eigenvalue weighted by atomic mass is 10.1. The molecular formula is C21H23FN5O2+. The Labute approximate surface area is 168 Å². The highest BCUT2D eigenvalue weighted by molar-refractivity contribution is 6.19. The van der Waals surface area contributed by atoms with Crippen molar-refractivity contribution >= 4 is 23.7 Å². The van der Waals surface area contributed by atoms with Gasteiger partial charge in [-0.05, 0) is 38.7 Å². The van der Waals surface area contributed by atoms with Crippen LogP contribution in [0.5, 0.6) is 0 Å². The molecule has 2 aliphatic heterocycles. The number of carbonyl (C=O) groups is 2. The van der Waals surface area contributed by atoms with Crippen molar-refractivity contribution in [1.29, 1.82) is 0 Å². The van der Waals surface area contributed by atoms with Gasteiger partial charge in [0.05, 0.1) is 12.6 Å². The van der Waals surface area contributed by atoms with E-state index in [1.807, 2.05) is 17.7 Å². The van der Waals surface area contributed by atoms with Crippen molar-refractivity contribution in [1.82, 2.24) is 14.4 Å². The summed E-state index contributed by atoms with van der Waals surface area (Å²) in [6.07, 6.45) is 6.52. The molecule has 1 aliphatic carbocycles. The second kappa shape index (κ2) is 6.50. The number of imide groups is 1. The quantitative estimate of drug-likeness (QED) is 0.749. The predicted octanol–water partition coefficient (Wildman–Crippen LogP) is 3.02. The first-order chi connectivity index (χ1) is 14.0. The van der Waals surface area contributed by atoms with Crippen LogP contribution in [0.3, 0.4) is 0 Å². The van der Waals surface area contributed by atoms with Gasteiger partial charge in [0.1, 0.15) is 17.7 Å². The normalized spacial score (nSPS) is 21.6.